The summed E-state index contributed by atoms with van der Waals surface area (Å²) in [5, 5.41) is 5.85. The Morgan fingerprint density at radius 1 is 1.15 bits per heavy atom. The summed E-state index contributed by atoms with van der Waals surface area (Å²) in [6.45, 7) is 4.90. The van der Waals surface area contributed by atoms with E-state index in [1.54, 1.807) is 4.90 Å². The Hall–Kier alpha value is -2.83. The first-order valence-electron chi connectivity index (χ1n) is 8.90. The van der Waals surface area contributed by atoms with Gasteiger partial charge in [-0.2, -0.15) is 0 Å². The van der Waals surface area contributed by atoms with Crippen LogP contribution in [0, 0.1) is 19.8 Å². The minimum atomic E-state index is -0.155. The van der Waals surface area contributed by atoms with Crippen LogP contribution < -0.4 is 10.6 Å². The van der Waals surface area contributed by atoms with Gasteiger partial charge >= 0.3 is 6.03 Å². The van der Waals surface area contributed by atoms with Crippen molar-refractivity contribution in [3.63, 3.8) is 0 Å². The van der Waals surface area contributed by atoms with Gasteiger partial charge in [0.15, 0.2) is 0 Å². The van der Waals surface area contributed by atoms with Crippen molar-refractivity contribution < 1.29 is 14.0 Å². The second-order valence-electron chi connectivity index (χ2n) is 7.05. The number of nitrogens with one attached hydrogen (secondary N) is 2. The SMILES string of the molecule is Cc1nc(-c2ccc(NC(=O)N3CC(NC(=O)C4CC4)C3)cc2)oc1C. The number of rotatable bonds is 4. The highest BCUT2D eigenvalue weighted by Gasteiger charge is 2.36. The van der Waals surface area contributed by atoms with Gasteiger partial charge < -0.3 is 20.0 Å². The van der Waals surface area contributed by atoms with Crippen LogP contribution in [0.2, 0.25) is 0 Å². The molecule has 2 heterocycles. The fourth-order valence-corrected chi connectivity index (χ4v) is 2.90. The number of hydrogen-bond donors (Lipinski definition) is 2. The fraction of sp³-hybridized carbons (Fsp3) is 0.421. The van der Waals surface area contributed by atoms with Gasteiger partial charge in [-0.3, -0.25) is 4.79 Å². The molecule has 1 saturated carbocycles. The van der Waals surface area contributed by atoms with Crippen molar-refractivity contribution in [1.82, 2.24) is 15.2 Å². The van der Waals surface area contributed by atoms with E-state index in [1.807, 2.05) is 38.1 Å². The topological polar surface area (TPSA) is 87.5 Å². The summed E-state index contributed by atoms with van der Waals surface area (Å²) in [5.74, 6) is 1.71. The first-order valence-corrected chi connectivity index (χ1v) is 8.90. The fourth-order valence-electron chi connectivity index (χ4n) is 2.90. The number of anilines is 1. The highest BCUT2D eigenvalue weighted by molar-refractivity contribution is 5.90. The van der Waals surface area contributed by atoms with Gasteiger partial charge in [-0.1, -0.05) is 0 Å². The molecule has 2 aliphatic rings. The van der Waals surface area contributed by atoms with E-state index < -0.39 is 0 Å². The molecule has 1 saturated heterocycles. The first kappa shape index (κ1) is 16.6. The van der Waals surface area contributed by atoms with Crippen LogP contribution in [0.15, 0.2) is 28.7 Å². The van der Waals surface area contributed by atoms with Crippen LogP contribution in [0.1, 0.15) is 24.3 Å². The average molecular weight is 354 g/mol. The van der Waals surface area contributed by atoms with E-state index in [0.717, 1.165) is 29.9 Å². The van der Waals surface area contributed by atoms with E-state index in [9.17, 15) is 9.59 Å². The molecule has 4 rings (SSSR count). The molecule has 2 N–H and O–H groups in total. The Labute approximate surface area is 151 Å². The number of hydrogen-bond acceptors (Lipinski definition) is 4. The number of likely N-dealkylation sites (tertiary alicyclic amines) is 1. The van der Waals surface area contributed by atoms with Gasteiger partial charge in [0.05, 0.1) is 11.7 Å². The molecule has 2 fully saturated rings. The number of amides is 3. The van der Waals surface area contributed by atoms with Crippen molar-refractivity contribution in [2.75, 3.05) is 18.4 Å². The van der Waals surface area contributed by atoms with Crippen molar-refractivity contribution >= 4 is 17.6 Å². The second kappa shape index (κ2) is 6.48. The van der Waals surface area contributed by atoms with E-state index in [0.29, 0.717) is 24.7 Å². The van der Waals surface area contributed by atoms with Crippen LogP contribution in [0.25, 0.3) is 11.5 Å². The molecule has 136 valence electrons. The molecular formula is C19H22N4O3. The Balaban J connectivity index is 1.29. The summed E-state index contributed by atoms with van der Waals surface area (Å²) in [7, 11) is 0. The third kappa shape index (κ3) is 3.42. The second-order valence-corrected chi connectivity index (χ2v) is 7.05. The van der Waals surface area contributed by atoms with E-state index in [-0.39, 0.29) is 23.9 Å². The lowest BCUT2D eigenvalue weighted by atomic mass is 10.1. The summed E-state index contributed by atoms with van der Waals surface area (Å²) in [4.78, 5) is 30.0. The molecule has 7 nitrogen and oxygen atoms in total. The van der Waals surface area contributed by atoms with Gasteiger partial charge in [-0.15, -0.1) is 0 Å². The van der Waals surface area contributed by atoms with Crippen molar-refractivity contribution in [2.24, 2.45) is 5.92 Å². The van der Waals surface area contributed by atoms with Crippen molar-refractivity contribution in [2.45, 2.75) is 32.7 Å². The third-order valence-electron chi connectivity index (χ3n) is 4.87. The zero-order valence-corrected chi connectivity index (χ0v) is 14.9. The highest BCUT2D eigenvalue weighted by Crippen LogP contribution is 2.29. The van der Waals surface area contributed by atoms with Crippen LogP contribution in [-0.4, -0.2) is 41.0 Å². The number of aryl methyl sites for hydroxylation is 2. The molecule has 2 aromatic rings. The minimum Gasteiger partial charge on any atom is -0.441 e. The van der Waals surface area contributed by atoms with E-state index in [1.165, 1.54) is 0 Å². The van der Waals surface area contributed by atoms with Crippen LogP contribution in [0.3, 0.4) is 0 Å². The molecule has 26 heavy (non-hydrogen) atoms. The highest BCUT2D eigenvalue weighted by atomic mass is 16.4. The summed E-state index contributed by atoms with van der Waals surface area (Å²) >= 11 is 0. The number of carbonyl (C=O) groups is 2. The maximum atomic E-state index is 12.2. The smallest absolute Gasteiger partial charge is 0.321 e. The lowest BCUT2D eigenvalue weighted by molar-refractivity contribution is -0.123. The number of carbonyl (C=O) groups excluding carboxylic acids is 2. The Kier molecular flexibility index (Phi) is 4.14. The lowest BCUT2D eigenvalue weighted by Crippen LogP contribution is -2.62. The van der Waals surface area contributed by atoms with Gasteiger partial charge in [0.1, 0.15) is 5.76 Å². The summed E-state index contributed by atoms with van der Waals surface area (Å²) in [6, 6.07) is 7.32. The van der Waals surface area contributed by atoms with Crippen LogP contribution in [0.4, 0.5) is 10.5 Å². The molecule has 0 bridgehead atoms. The van der Waals surface area contributed by atoms with Gasteiger partial charge in [0.25, 0.3) is 0 Å². The predicted molar refractivity (Wildman–Crippen MR) is 96.7 cm³/mol. The maximum Gasteiger partial charge on any atom is 0.321 e. The molecule has 0 radical (unpaired) electrons. The maximum absolute atomic E-state index is 12.2. The van der Waals surface area contributed by atoms with Crippen LogP contribution >= 0.6 is 0 Å². The van der Waals surface area contributed by atoms with Crippen molar-refractivity contribution in [3.05, 3.63) is 35.7 Å². The molecule has 1 aliphatic heterocycles. The number of nitrogens with zero attached hydrogens (tertiary/aromatic N) is 2. The minimum absolute atomic E-state index is 0.0766. The Bertz CT molecular complexity index is 813. The van der Waals surface area contributed by atoms with E-state index in [4.69, 9.17) is 4.42 Å². The predicted octanol–water partition coefficient (Wildman–Crippen LogP) is 2.70. The zero-order valence-electron chi connectivity index (χ0n) is 14.9. The molecule has 1 aromatic heterocycles. The largest absolute Gasteiger partial charge is 0.441 e. The van der Waals surface area contributed by atoms with Crippen LogP contribution in [-0.2, 0) is 4.79 Å². The zero-order chi connectivity index (χ0) is 18.3. The summed E-state index contributed by atoms with van der Waals surface area (Å²) in [5.41, 5.74) is 2.45. The number of oxazole rings is 1. The first-order chi connectivity index (χ1) is 12.5. The molecule has 3 amide bonds. The van der Waals surface area contributed by atoms with Gasteiger partial charge in [-0.25, -0.2) is 9.78 Å². The van der Waals surface area contributed by atoms with Gasteiger partial charge in [0, 0.05) is 30.3 Å². The summed E-state index contributed by atoms with van der Waals surface area (Å²) < 4.78 is 5.61. The average Bonchev–Trinajstić information content (AvgIpc) is 3.37. The normalized spacial score (nSPS) is 16.9. The Morgan fingerprint density at radius 3 is 2.42 bits per heavy atom. The number of benzene rings is 1. The summed E-state index contributed by atoms with van der Waals surface area (Å²) in [6.07, 6.45) is 1.98. The van der Waals surface area contributed by atoms with E-state index in [2.05, 4.69) is 15.6 Å². The molecule has 0 unspecified atom stereocenters. The third-order valence-corrected chi connectivity index (χ3v) is 4.87. The van der Waals surface area contributed by atoms with Gasteiger partial charge in [-0.05, 0) is 51.0 Å². The molecule has 1 aliphatic carbocycles. The quantitative estimate of drug-likeness (QED) is 0.884. The number of aromatic nitrogens is 1. The number of urea groups is 1. The van der Waals surface area contributed by atoms with Crippen LogP contribution in [0.5, 0.6) is 0 Å². The molecule has 0 atom stereocenters. The van der Waals surface area contributed by atoms with Crippen molar-refractivity contribution in [1.29, 1.82) is 0 Å². The molecule has 1 aromatic carbocycles. The lowest BCUT2D eigenvalue weighted by Gasteiger charge is -2.39. The standard InChI is InChI=1S/C19H22N4O3/c1-11-12(2)26-18(20-11)14-5-7-15(8-6-14)22-19(25)23-9-16(10-23)21-17(24)13-3-4-13/h5-8,13,16H,3-4,9-10H2,1-2H3,(H,21,24)(H,22,25). The van der Waals surface area contributed by atoms with Crippen molar-refractivity contribution in [3.8, 4) is 11.5 Å². The molecular weight excluding hydrogens is 332 g/mol. The van der Waals surface area contributed by atoms with E-state index >= 15 is 0 Å². The monoisotopic (exact) mass is 354 g/mol. The Morgan fingerprint density at radius 2 is 1.85 bits per heavy atom. The molecule has 0 spiro atoms. The van der Waals surface area contributed by atoms with Gasteiger partial charge in [0.2, 0.25) is 11.8 Å². The molecule has 7 heteroatoms.